The number of piperazine rings is 1. The Bertz CT molecular complexity index is 836. The molecule has 3 rings (SSSR count). The van der Waals surface area contributed by atoms with Gasteiger partial charge >= 0.3 is 0 Å². The average molecular weight is 368 g/mol. The smallest absolute Gasteiger partial charge is 0.254 e. The third kappa shape index (κ3) is 3.89. The third-order valence-electron chi connectivity index (χ3n) is 4.67. The Morgan fingerprint density at radius 3 is 2.59 bits per heavy atom. The van der Waals surface area contributed by atoms with Crippen LogP contribution in [-0.4, -0.2) is 49.6 Å². The van der Waals surface area contributed by atoms with E-state index in [0.717, 1.165) is 11.4 Å². The summed E-state index contributed by atoms with van der Waals surface area (Å²) in [5.74, 6) is 1.07. The van der Waals surface area contributed by atoms with E-state index in [1.54, 1.807) is 48.1 Å². The van der Waals surface area contributed by atoms with E-state index in [2.05, 4.69) is 0 Å². The highest BCUT2D eigenvalue weighted by atomic mass is 16.5. The zero-order chi connectivity index (χ0) is 19.4. The molecule has 1 atom stereocenters. The lowest BCUT2D eigenvalue weighted by Gasteiger charge is -2.39. The number of rotatable bonds is 5. The zero-order valence-electron chi connectivity index (χ0n) is 15.8. The lowest BCUT2D eigenvalue weighted by molar-refractivity contribution is -0.124. The van der Waals surface area contributed by atoms with Crippen LogP contribution in [0.1, 0.15) is 24.2 Å². The van der Waals surface area contributed by atoms with Crippen LogP contribution in [0.15, 0.2) is 48.5 Å². The van der Waals surface area contributed by atoms with Gasteiger partial charge in [0.05, 0.1) is 13.7 Å². The molecule has 0 aromatic heterocycles. The molecule has 0 bridgehead atoms. The standard InChI is InChI=1S/C21H24N2O4/c1-4-27-19-10-6-8-17(14-19)23-12-11-22(15(2)20(23)24)21(25)16-7-5-9-18(13-16)26-3/h5-10,13-15H,4,11-12H2,1-3H3. The monoisotopic (exact) mass is 368 g/mol. The minimum absolute atomic E-state index is 0.105. The molecular formula is C21H24N2O4. The van der Waals surface area contributed by atoms with Gasteiger partial charge in [0.2, 0.25) is 5.91 Å². The molecule has 1 aliphatic heterocycles. The maximum atomic E-state index is 12.9. The van der Waals surface area contributed by atoms with Gasteiger partial charge in [-0.1, -0.05) is 12.1 Å². The molecule has 1 unspecified atom stereocenters. The van der Waals surface area contributed by atoms with Gasteiger partial charge in [0.1, 0.15) is 17.5 Å². The van der Waals surface area contributed by atoms with Crippen molar-refractivity contribution in [1.29, 1.82) is 0 Å². The Hall–Kier alpha value is -3.02. The second kappa shape index (κ2) is 8.12. The number of ether oxygens (including phenoxy) is 2. The molecule has 0 saturated carbocycles. The molecule has 0 spiro atoms. The first kappa shape index (κ1) is 18.8. The molecule has 1 fully saturated rings. The Labute approximate surface area is 159 Å². The fourth-order valence-corrected chi connectivity index (χ4v) is 3.23. The van der Waals surface area contributed by atoms with Crippen molar-refractivity contribution in [3.8, 4) is 11.5 Å². The molecule has 142 valence electrons. The number of methoxy groups -OCH3 is 1. The van der Waals surface area contributed by atoms with Crippen LogP contribution in [0, 0.1) is 0 Å². The van der Waals surface area contributed by atoms with E-state index in [-0.39, 0.29) is 11.8 Å². The number of anilines is 1. The lowest BCUT2D eigenvalue weighted by atomic mass is 10.1. The predicted octanol–water partition coefficient (Wildman–Crippen LogP) is 2.97. The molecule has 2 aromatic rings. The normalized spacial score (nSPS) is 17.0. The largest absolute Gasteiger partial charge is 0.497 e. The number of hydrogen-bond acceptors (Lipinski definition) is 4. The SMILES string of the molecule is CCOc1cccc(N2CCN(C(=O)c3cccc(OC)c3)C(C)C2=O)c1. The quantitative estimate of drug-likeness (QED) is 0.814. The summed E-state index contributed by atoms with van der Waals surface area (Å²) in [4.78, 5) is 29.1. The molecule has 1 saturated heterocycles. The highest BCUT2D eigenvalue weighted by molar-refractivity contribution is 6.03. The van der Waals surface area contributed by atoms with Gasteiger partial charge in [-0.25, -0.2) is 0 Å². The number of hydrogen-bond donors (Lipinski definition) is 0. The first-order chi connectivity index (χ1) is 13.0. The molecular weight excluding hydrogens is 344 g/mol. The summed E-state index contributed by atoms with van der Waals surface area (Å²) in [6, 6.07) is 13.9. The fraction of sp³-hybridized carbons (Fsp3) is 0.333. The van der Waals surface area contributed by atoms with Gasteiger partial charge in [0.15, 0.2) is 0 Å². The van der Waals surface area contributed by atoms with Crippen molar-refractivity contribution in [3.63, 3.8) is 0 Å². The molecule has 2 amide bonds. The van der Waals surface area contributed by atoms with E-state index in [4.69, 9.17) is 9.47 Å². The number of nitrogens with zero attached hydrogens (tertiary/aromatic N) is 2. The summed E-state index contributed by atoms with van der Waals surface area (Å²) in [6.45, 7) is 5.15. The third-order valence-corrected chi connectivity index (χ3v) is 4.67. The molecule has 6 nitrogen and oxygen atoms in total. The van der Waals surface area contributed by atoms with Gasteiger partial charge in [0.25, 0.3) is 5.91 Å². The number of benzene rings is 2. The van der Waals surface area contributed by atoms with E-state index < -0.39 is 6.04 Å². The van der Waals surface area contributed by atoms with Crippen LogP contribution in [-0.2, 0) is 4.79 Å². The molecule has 1 aliphatic rings. The Morgan fingerprint density at radius 2 is 1.85 bits per heavy atom. The molecule has 2 aromatic carbocycles. The minimum Gasteiger partial charge on any atom is -0.497 e. The number of carbonyl (C=O) groups is 2. The van der Waals surface area contributed by atoms with E-state index in [1.165, 1.54) is 0 Å². The summed E-state index contributed by atoms with van der Waals surface area (Å²) < 4.78 is 10.7. The van der Waals surface area contributed by atoms with Gasteiger partial charge in [-0.05, 0) is 44.2 Å². The van der Waals surface area contributed by atoms with Gasteiger partial charge in [0, 0.05) is 30.4 Å². The maximum Gasteiger partial charge on any atom is 0.254 e. The van der Waals surface area contributed by atoms with Crippen LogP contribution in [0.2, 0.25) is 0 Å². The first-order valence-electron chi connectivity index (χ1n) is 9.04. The zero-order valence-corrected chi connectivity index (χ0v) is 15.8. The Morgan fingerprint density at radius 1 is 1.11 bits per heavy atom. The van der Waals surface area contributed by atoms with Crippen LogP contribution in [0.25, 0.3) is 0 Å². The van der Waals surface area contributed by atoms with Crippen molar-refractivity contribution < 1.29 is 19.1 Å². The van der Waals surface area contributed by atoms with Crippen LogP contribution >= 0.6 is 0 Å². The maximum absolute atomic E-state index is 12.9. The van der Waals surface area contributed by atoms with Crippen molar-refractivity contribution in [2.24, 2.45) is 0 Å². The van der Waals surface area contributed by atoms with Gasteiger partial charge in [-0.15, -0.1) is 0 Å². The number of carbonyl (C=O) groups excluding carboxylic acids is 2. The van der Waals surface area contributed by atoms with Crippen LogP contribution in [0.3, 0.4) is 0 Å². The van der Waals surface area contributed by atoms with Crippen LogP contribution < -0.4 is 14.4 Å². The number of amides is 2. The topological polar surface area (TPSA) is 59.1 Å². The fourth-order valence-electron chi connectivity index (χ4n) is 3.23. The van der Waals surface area contributed by atoms with E-state index in [9.17, 15) is 9.59 Å². The van der Waals surface area contributed by atoms with Crippen LogP contribution in [0.5, 0.6) is 11.5 Å². The summed E-state index contributed by atoms with van der Waals surface area (Å²) in [5, 5.41) is 0. The van der Waals surface area contributed by atoms with Gasteiger partial charge < -0.3 is 19.3 Å². The van der Waals surface area contributed by atoms with Crippen molar-refractivity contribution in [2.45, 2.75) is 19.9 Å². The molecule has 1 heterocycles. The van der Waals surface area contributed by atoms with Crippen molar-refractivity contribution >= 4 is 17.5 Å². The molecule has 27 heavy (non-hydrogen) atoms. The van der Waals surface area contributed by atoms with Crippen molar-refractivity contribution in [2.75, 3.05) is 31.7 Å². The van der Waals surface area contributed by atoms with E-state index >= 15 is 0 Å². The molecule has 6 heteroatoms. The lowest BCUT2D eigenvalue weighted by Crippen LogP contribution is -2.57. The van der Waals surface area contributed by atoms with Gasteiger partial charge in [-0.2, -0.15) is 0 Å². The van der Waals surface area contributed by atoms with Gasteiger partial charge in [-0.3, -0.25) is 9.59 Å². The average Bonchev–Trinajstić information content (AvgIpc) is 2.70. The molecule has 0 aliphatic carbocycles. The van der Waals surface area contributed by atoms with Crippen molar-refractivity contribution in [3.05, 3.63) is 54.1 Å². The minimum atomic E-state index is -0.548. The highest BCUT2D eigenvalue weighted by Crippen LogP contribution is 2.26. The Kier molecular flexibility index (Phi) is 5.64. The molecule has 0 radical (unpaired) electrons. The van der Waals surface area contributed by atoms with Crippen LogP contribution in [0.4, 0.5) is 5.69 Å². The highest BCUT2D eigenvalue weighted by Gasteiger charge is 2.35. The summed E-state index contributed by atoms with van der Waals surface area (Å²) in [6.07, 6.45) is 0. The second-order valence-electron chi connectivity index (χ2n) is 6.33. The first-order valence-corrected chi connectivity index (χ1v) is 9.04. The summed E-state index contributed by atoms with van der Waals surface area (Å²) in [7, 11) is 1.56. The summed E-state index contributed by atoms with van der Waals surface area (Å²) in [5.41, 5.74) is 1.30. The van der Waals surface area contributed by atoms with Crippen molar-refractivity contribution in [1.82, 2.24) is 4.90 Å². The Balaban J connectivity index is 1.78. The molecule has 0 N–H and O–H groups in total. The van der Waals surface area contributed by atoms with E-state index in [0.29, 0.717) is 31.0 Å². The predicted molar refractivity (Wildman–Crippen MR) is 103 cm³/mol. The van der Waals surface area contributed by atoms with E-state index in [1.807, 2.05) is 31.2 Å². The second-order valence-corrected chi connectivity index (χ2v) is 6.33. The summed E-state index contributed by atoms with van der Waals surface area (Å²) >= 11 is 0.